The summed E-state index contributed by atoms with van der Waals surface area (Å²) in [6.45, 7) is 7.61. The van der Waals surface area contributed by atoms with Gasteiger partial charge >= 0.3 is 0 Å². The lowest BCUT2D eigenvalue weighted by Crippen LogP contribution is -2.42. The van der Waals surface area contributed by atoms with Gasteiger partial charge in [0.1, 0.15) is 11.3 Å². The van der Waals surface area contributed by atoms with Crippen LogP contribution in [-0.4, -0.2) is 58.7 Å². The molecular weight excluding hydrogens is 545 g/mol. The number of aryl methyl sites for hydroxylation is 1. The quantitative estimate of drug-likeness (QED) is 0.260. The number of carbonyl (C=O) groups is 1. The summed E-state index contributed by atoms with van der Waals surface area (Å²) in [5, 5.41) is 15.8. The Morgan fingerprint density at radius 2 is 1.95 bits per heavy atom. The standard InChI is InChI=1S/C33H36FN7O2/c1-4-20-16-40(25(5-2)29(20)35)33(43)22-14-36-31-18(3)30(38-41(31)17-22)26-13-21-11-12-24(23-7-6-8-27(42)28(23)34)37-32(21)39(26)15-19-9-10-19/h6-8,11-14,17,19-20,25,29,42H,4-5,9-10,15-16,35H2,1-3H3/t20?,25?,29-/m1/s1. The van der Waals surface area contributed by atoms with Gasteiger partial charge in [-0.2, -0.15) is 5.10 Å². The highest BCUT2D eigenvalue weighted by atomic mass is 19.1. The van der Waals surface area contributed by atoms with Crippen LogP contribution in [0.1, 0.15) is 55.5 Å². The molecule has 5 aromatic rings. The number of likely N-dealkylation sites (tertiary alicyclic amines) is 1. The Balaban J connectivity index is 1.30. The number of carbonyl (C=O) groups excluding carboxylic acids is 1. The third-order valence-electron chi connectivity index (χ3n) is 9.35. The number of phenolic OH excluding ortho intramolecular Hbond substituents is 1. The smallest absolute Gasteiger partial charge is 0.257 e. The molecule has 9 nitrogen and oxygen atoms in total. The maximum Gasteiger partial charge on any atom is 0.257 e. The second-order valence-corrected chi connectivity index (χ2v) is 12.1. The van der Waals surface area contributed by atoms with Crippen molar-refractivity contribution >= 4 is 22.6 Å². The lowest BCUT2D eigenvalue weighted by molar-refractivity contribution is 0.0723. The van der Waals surface area contributed by atoms with Crippen molar-refractivity contribution in [2.75, 3.05) is 6.54 Å². The summed E-state index contributed by atoms with van der Waals surface area (Å²) < 4.78 is 18.7. The predicted octanol–water partition coefficient (Wildman–Crippen LogP) is 5.56. The molecule has 43 heavy (non-hydrogen) atoms. The van der Waals surface area contributed by atoms with E-state index < -0.39 is 11.6 Å². The monoisotopic (exact) mass is 581 g/mol. The van der Waals surface area contributed by atoms with Crippen molar-refractivity contribution < 1.29 is 14.3 Å². The molecule has 0 radical (unpaired) electrons. The molecule has 1 saturated carbocycles. The van der Waals surface area contributed by atoms with Gasteiger partial charge in [0.15, 0.2) is 17.2 Å². The molecule has 0 spiro atoms. The minimum absolute atomic E-state index is 0.00640. The van der Waals surface area contributed by atoms with Crippen LogP contribution < -0.4 is 5.73 Å². The normalized spacial score (nSPS) is 20.5. The van der Waals surface area contributed by atoms with E-state index in [1.54, 1.807) is 35.1 Å². The minimum atomic E-state index is -0.686. The minimum Gasteiger partial charge on any atom is -0.505 e. The number of halogens is 1. The fourth-order valence-corrected chi connectivity index (χ4v) is 6.66. The van der Waals surface area contributed by atoms with Gasteiger partial charge < -0.3 is 20.3 Å². The van der Waals surface area contributed by atoms with Crippen LogP contribution in [0.25, 0.3) is 39.3 Å². The fraction of sp³-hybridized carbons (Fsp3) is 0.394. The summed E-state index contributed by atoms with van der Waals surface area (Å²) >= 11 is 0. The molecule has 1 amide bonds. The van der Waals surface area contributed by atoms with Crippen molar-refractivity contribution in [2.45, 2.75) is 65.1 Å². The van der Waals surface area contributed by atoms with Crippen molar-refractivity contribution in [1.29, 1.82) is 0 Å². The van der Waals surface area contributed by atoms with E-state index >= 15 is 0 Å². The number of fused-ring (bicyclic) bond motifs is 2. The number of amides is 1. The van der Waals surface area contributed by atoms with Gasteiger partial charge in [-0.05, 0) is 68.4 Å². The van der Waals surface area contributed by atoms with Crippen molar-refractivity contribution in [3.05, 3.63) is 65.7 Å². The van der Waals surface area contributed by atoms with Gasteiger partial charge in [0.05, 0.1) is 17.0 Å². The Bertz CT molecular complexity index is 1870. The van der Waals surface area contributed by atoms with E-state index in [9.17, 15) is 14.3 Å². The number of aromatic hydroxyl groups is 1. The zero-order valence-corrected chi connectivity index (χ0v) is 24.7. The molecule has 7 rings (SSSR count). The third-order valence-corrected chi connectivity index (χ3v) is 9.35. The predicted molar refractivity (Wildman–Crippen MR) is 163 cm³/mol. The average Bonchev–Trinajstić information content (AvgIpc) is 3.57. The van der Waals surface area contributed by atoms with Gasteiger partial charge in [0.25, 0.3) is 5.91 Å². The second-order valence-electron chi connectivity index (χ2n) is 12.1. The van der Waals surface area contributed by atoms with Crippen LogP contribution in [0.5, 0.6) is 5.75 Å². The van der Waals surface area contributed by atoms with Crippen LogP contribution in [0, 0.1) is 24.6 Å². The van der Waals surface area contributed by atoms with E-state index in [2.05, 4.69) is 29.5 Å². The van der Waals surface area contributed by atoms with Crippen LogP contribution in [-0.2, 0) is 6.54 Å². The Kier molecular flexibility index (Phi) is 6.69. The molecule has 5 heterocycles. The zero-order valence-electron chi connectivity index (χ0n) is 24.7. The van der Waals surface area contributed by atoms with E-state index in [-0.39, 0.29) is 29.5 Å². The zero-order chi connectivity index (χ0) is 30.0. The van der Waals surface area contributed by atoms with Gasteiger partial charge in [-0.15, -0.1) is 0 Å². The second kappa shape index (κ2) is 10.4. The molecular formula is C33H36FN7O2. The van der Waals surface area contributed by atoms with Crippen LogP contribution in [0.15, 0.2) is 48.8 Å². The number of phenols is 1. The van der Waals surface area contributed by atoms with Gasteiger partial charge in [-0.25, -0.2) is 18.9 Å². The molecule has 1 aliphatic heterocycles. The van der Waals surface area contributed by atoms with E-state index in [1.807, 2.05) is 17.9 Å². The fourth-order valence-electron chi connectivity index (χ4n) is 6.66. The van der Waals surface area contributed by atoms with E-state index in [1.165, 1.54) is 6.07 Å². The van der Waals surface area contributed by atoms with Crippen molar-refractivity contribution in [2.24, 2.45) is 17.6 Å². The molecule has 2 unspecified atom stereocenters. The van der Waals surface area contributed by atoms with Crippen molar-refractivity contribution in [3.8, 4) is 28.4 Å². The highest BCUT2D eigenvalue weighted by Crippen LogP contribution is 2.38. The van der Waals surface area contributed by atoms with Gasteiger partial charge in [-0.3, -0.25) is 4.79 Å². The van der Waals surface area contributed by atoms with Crippen LogP contribution in [0.4, 0.5) is 4.39 Å². The van der Waals surface area contributed by atoms with Crippen molar-refractivity contribution in [3.63, 3.8) is 0 Å². The molecule has 10 heteroatoms. The average molecular weight is 582 g/mol. The lowest BCUT2D eigenvalue weighted by Gasteiger charge is -2.25. The van der Waals surface area contributed by atoms with E-state index in [0.29, 0.717) is 29.4 Å². The van der Waals surface area contributed by atoms with E-state index in [4.69, 9.17) is 15.8 Å². The molecule has 222 valence electrons. The molecule has 4 aromatic heterocycles. The maximum absolute atomic E-state index is 14.8. The van der Waals surface area contributed by atoms with Crippen molar-refractivity contribution in [1.82, 2.24) is 29.0 Å². The summed E-state index contributed by atoms with van der Waals surface area (Å²) in [6, 6.07) is 10.3. The first-order valence-electron chi connectivity index (χ1n) is 15.2. The number of aromatic nitrogens is 5. The number of hydrogen-bond acceptors (Lipinski definition) is 6. The largest absolute Gasteiger partial charge is 0.505 e. The number of benzene rings is 1. The molecule has 3 atom stereocenters. The Morgan fingerprint density at radius 3 is 2.70 bits per heavy atom. The lowest BCUT2D eigenvalue weighted by atomic mass is 9.96. The molecule has 2 fully saturated rings. The number of nitrogens with two attached hydrogens (primary N) is 1. The molecule has 0 bridgehead atoms. The first-order chi connectivity index (χ1) is 20.8. The summed E-state index contributed by atoms with van der Waals surface area (Å²) in [7, 11) is 0. The Hall–Kier alpha value is -4.31. The first-order valence-corrected chi connectivity index (χ1v) is 15.2. The number of hydrogen-bond donors (Lipinski definition) is 2. The third kappa shape index (κ3) is 4.55. The maximum atomic E-state index is 14.8. The van der Waals surface area contributed by atoms with Crippen LogP contribution >= 0.6 is 0 Å². The molecule has 3 N–H and O–H groups in total. The number of rotatable bonds is 7. The highest BCUT2D eigenvalue weighted by Gasteiger charge is 2.40. The summed E-state index contributed by atoms with van der Waals surface area (Å²) in [5.74, 6) is -0.324. The van der Waals surface area contributed by atoms with Crippen LogP contribution in [0.2, 0.25) is 0 Å². The SMILES string of the molecule is CCC1CN(C(=O)c2cnc3c(C)c(-c4cc5ccc(-c6cccc(O)c6F)nc5n4CC4CC4)nn3c2)C(CC)[C@@H]1N. The Morgan fingerprint density at radius 1 is 1.14 bits per heavy atom. The molecule has 2 aliphatic rings. The summed E-state index contributed by atoms with van der Waals surface area (Å²) in [4.78, 5) is 25.1. The Labute approximate surface area is 249 Å². The first kappa shape index (κ1) is 27.5. The summed E-state index contributed by atoms with van der Waals surface area (Å²) in [5.41, 5.74) is 11.7. The van der Waals surface area contributed by atoms with Gasteiger partial charge in [0, 0.05) is 54.1 Å². The van der Waals surface area contributed by atoms with Crippen LogP contribution in [0.3, 0.4) is 0 Å². The molecule has 1 saturated heterocycles. The van der Waals surface area contributed by atoms with Gasteiger partial charge in [-0.1, -0.05) is 26.3 Å². The van der Waals surface area contributed by atoms with Gasteiger partial charge in [0.2, 0.25) is 0 Å². The summed E-state index contributed by atoms with van der Waals surface area (Å²) in [6.07, 6.45) is 7.46. The number of nitrogens with zero attached hydrogens (tertiary/aromatic N) is 6. The topological polar surface area (TPSA) is 115 Å². The molecule has 1 aromatic carbocycles. The van der Waals surface area contributed by atoms with E-state index in [0.717, 1.165) is 60.2 Å². The highest BCUT2D eigenvalue weighted by molar-refractivity contribution is 5.94. The molecule has 1 aliphatic carbocycles. The number of pyridine rings is 1.